The van der Waals surface area contributed by atoms with Gasteiger partial charge in [0.2, 0.25) is 0 Å². The van der Waals surface area contributed by atoms with Crippen molar-refractivity contribution in [1.29, 1.82) is 0 Å². The minimum atomic E-state index is -0.113. The summed E-state index contributed by atoms with van der Waals surface area (Å²) in [4.78, 5) is 2.24. The number of hydrogen-bond acceptors (Lipinski definition) is 2. The van der Waals surface area contributed by atoms with E-state index in [0.717, 1.165) is 25.1 Å². The second-order valence-electron chi connectivity index (χ2n) is 5.52. The third-order valence-electron chi connectivity index (χ3n) is 3.49. The fourth-order valence-electron chi connectivity index (χ4n) is 2.34. The van der Waals surface area contributed by atoms with Gasteiger partial charge in [0.15, 0.2) is 0 Å². The van der Waals surface area contributed by atoms with Crippen LogP contribution in [-0.2, 0) is 6.54 Å². The van der Waals surface area contributed by atoms with Gasteiger partial charge in [-0.15, -0.1) is 0 Å². The molecule has 0 spiro atoms. The van der Waals surface area contributed by atoms with Gasteiger partial charge in [0.05, 0.1) is 0 Å². The number of rotatable bonds is 8. The summed E-state index contributed by atoms with van der Waals surface area (Å²) in [6.45, 7) is 9.25. The lowest BCUT2D eigenvalue weighted by atomic mass is 10.0. The number of nitrogens with one attached hydrogen (secondary N) is 1. The Morgan fingerprint density at radius 2 is 1.95 bits per heavy atom. The number of likely N-dealkylation sites (N-methyl/N-ethyl adjacent to an activating group) is 1. The molecule has 19 heavy (non-hydrogen) atoms. The van der Waals surface area contributed by atoms with Gasteiger partial charge in [-0.1, -0.05) is 39.0 Å². The van der Waals surface area contributed by atoms with Crippen molar-refractivity contribution in [3.8, 4) is 0 Å². The highest BCUT2D eigenvalue weighted by atomic mass is 19.1. The Morgan fingerprint density at radius 3 is 2.53 bits per heavy atom. The maximum atomic E-state index is 13.7. The van der Waals surface area contributed by atoms with E-state index in [0.29, 0.717) is 18.5 Å². The van der Waals surface area contributed by atoms with Gasteiger partial charge in [-0.25, -0.2) is 4.39 Å². The fraction of sp³-hybridized carbons (Fsp3) is 0.625. The van der Waals surface area contributed by atoms with Crippen LogP contribution < -0.4 is 5.32 Å². The summed E-state index contributed by atoms with van der Waals surface area (Å²) in [7, 11) is 2.07. The summed E-state index contributed by atoms with van der Waals surface area (Å²) in [6, 6.07) is 7.45. The molecule has 0 aromatic heterocycles. The number of benzene rings is 1. The van der Waals surface area contributed by atoms with Crippen LogP contribution in [0.25, 0.3) is 0 Å². The molecular formula is C16H27FN2. The zero-order chi connectivity index (χ0) is 14.3. The molecule has 1 aromatic carbocycles. The molecule has 0 saturated heterocycles. The molecular weight excluding hydrogens is 239 g/mol. The smallest absolute Gasteiger partial charge is 0.127 e. The average Bonchev–Trinajstić information content (AvgIpc) is 2.37. The quantitative estimate of drug-likeness (QED) is 0.726. The van der Waals surface area contributed by atoms with Crippen molar-refractivity contribution in [2.24, 2.45) is 5.92 Å². The Balaban J connectivity index is 2.61. The second kappa shape index (κ2) is 8.28. The highest BCUT2D eigenvalue weighted by molar-refractivity contribution is 5.17. The van der Waals surface area contributed by atoms with Crippen molar-refractivity contribution in [3.63, 3.8) is 0 Å². The van der Waals surface area contributed by atoms with Crippen molar-refractivity contribution in [3.05, 3.63) is 35.6 Å². The topological polar surface area (TPSA) is 15.3 Å². The lowest BCUT2D eigenvalue weighted by Gasteiger charge is -2.31. The van der Waals surface area contributed by atoms with Crippen molar-refractivity contribution < 1.29 is 4.39 Å². The highest BCUT2D eigenvalue weighted by Crippen LogP contribution is 2.14. The number of hydrogen-bond donors (Lipinski definition) is 1. The van der Waals surface area contributed by atoms with Crippen LogP contribution in [0.3, 0.4) is 0 Å². The van der Waals surface area contributed by atoms with Gasteiger partial charge in [-0.3, -0.25) is 4.90 Å². The van der Waals surface area contributed by atoms with Crippen LogP contribution in [0.15, 0.2) is 24.3 Å². The van der Waals surface area contributed by atoms with Gasteiger partial charge in [-0.2, -0.15) is 0 Å². The Labute approximate surface area is 117 Å². The van der Waals surface area contributed by atoms with Crippen LogP contribution in [-0.4, -0.2) is 31.1 Å². The summed E-state index contributed by atoms with van der Waals surface area (Å²) in [5.74, 6) is 0.430. The predicted molar refractivity (Wildman–Crippen MR) is 79.7 cm³/mol. The molecule has 0 bridgehead atoms. The highest BCUT2D eigenvalue weighted by Gasteiger charge is 2.19. The molecule has 0 fully saturated rings. The zero-order valence-electron chi connectivity index (χ0n) is 12.6. The zero-order valence-corrected chi connectivity index (χ0v) is 12.6. The molecule has 0 radical (unpaired) electrons. The first-order valence-corrected chi connectivity index (χ1v) is 7.20. The number of nitrogens with zero attached hydrogens (tertiary/aromatic N) is 1. The first-order valence-electron chi connectivity index (χ1n) is 7.20. The van der Waals surface area contributed by atoms with Crippen LogP contribution in [0.4, 0.5) is 4.39 Å². The Bertz CT molecular complexity index is 366. The Hall–Kier alpha value is -0.930. The monoisotopic (exact) mass is 266 g/mol. The molecule has 1 atom stereocenters. The van der Waals surface area contributed by atoms with E-state index in [1.54, 1.807) is 6.07 Å². The lowest BCUT2D eigenvalue weighted by Crippen LogP contribution is -2.43. The van der Waals surface area contributed by atoms with Gasteiger partial charge in [-0.05, 0) is 32.0 Å². The summed E-state index contributed by atoms with van der Waals surface area (Å²) >= 11 is 0. The molecule has 0 amide bonds. The van der Waals surface area contributed by atoms with Crippen LogP contribution in [0, 0.1) is 11.7 Å². The van der Waals surface area contributed by atoms with Crippen LogP contribution in [0.1, 0.15) is 32.8 Å². The van der Waals surface area contributed by atoms with E-state index < -0.39 is 0 Å². The lowest BCUT2D eigenvalue weighted by molar-refractivity contribution is 0.178. The van der Waals surface area contributed by atoms with Crippen molar-refractivity contribution in [1.82, 2.24) is 10.2 Å². The molecule has 0 heterocycles. The van der Waals surface area contributed by atoms with Crippen LogP contribution in [0.5, 0.6) is 0 Å². The standard InChI is InChI=1S/C16H27FN2/c1-5-10-18-11-16(13(2)3)19(4)12-14-8-6-7-9-15(14)17/h6-9,13,16,18H,5,10-12H2,1-4H3. The van der Waals surface area contributed by atoms with E-state index in [4.69, 9.17) is 0 Å². The first kappa shape index (κ1) is 16.1. The maximum absolute atomic E-state index is 13.7. The molecule has 1 unspecified atom stereocenters. The Kier molecular flexibility index (Phi) is 7.03. The molecule has 108 valence electrons. The molecule has 2 nitrogen and oxygen atoms in total. The summed E-state index contributed by atoms with van der Waals surface area (Å²) in [6.07, 6.45) is 1.14. The van der Waals surface area contributed by atoms with Gasteiger partial charge in [0, 0.05) is 24.7 Å². The first-order chi connectivity index (χ1) is 9.06. The van der Waals surface area contributed by atoms with E-state index in [1.807, 2.05) is 12.1 Å². The molecule has 1 rings (SSSR count). The van der Waals surface area contributed by atoms with E-state index in [1.165, 1.54) is 6.07 Å². The largest absolute Gasteiger partial charge is 0.315 e. The molecule has 0 aliphatic carbocycles. The molecule has 1 aromatic rings. The predicted octanol–water partition coefficient (Wildman–Crippen LogP) is 3.28. The summed E-state index contributed by atoms with van der Waals surface area (Å²) in [5.41, 5.74) is 0.770. The fourth-order valence-corrected chi connectivity index (χ4v) is 2.34. The van der Waals surface area contributed by atoms with E-state index >= 15 is 0 Å². The Morgan fingerprint density at radius 1 is 1.26 bits per heavy atom. The van der Waals surface area contributed by atoms with Crippen LogP contribution >= 0.6 is 0 Å². The molecule has 3 heteroatoms. The number of halogens is 1. The minimum absolute atomic E-state index is 0.113. The van der Waals surface area contributed by atoms with Gasteiger partial charge in [0.25, 0.3) is 0 Å². The summed E-state index contributed by atoms with van der Waals surface area (Å²) < 4.78 is 13.7. The SMILES string of the molecule is CCCNCC(C(C)C)N(C)Cc1ccccc1F. The van der Waals surface area contributed by atoms with E-state index in [2.05, 4.69) is 38.0 Å². The van der Waals surface area contributed by atoms with Crippen molar-refractivity contribution in [2.75, 3.05) is 20.1 Å². The van der Waals surface area contributed by atoms with E-state index in [9.17, 15) is 4.39 Å². The molecule has 0 aliphatic heterocycles. The van der Waals surface area contributed by atoms with E-state index in [-0.39, 0.29) is 5.82 Å². The third-order valence-corrected chi connectivity index (χ3v) is 3.49. The normalized spacial score (nSPS) is 13.2. The van der Waals surface area contributed by atoms with Crippen LogP contribution in [0.2, 0.25) is 0 Å². The molecule has 0 saturated carbocycles. The summed E-state index contributed by atoms with van der Waals surface area (Å²) in [5, 5.41) is 3.46. The van der Waals surface area contributed by atoms with Gasteiger partial charge >= 0.3 is 0 Å². The maximum Gasteiger partial charge on any atom is 0.127 e. The molecule has 0 aliphatic rings. The van der Waals surface area contributed by atoms with Crippen molar-refractivity contribution in [2.45, 2.75) is 39.8 Å². The van der Waals surface area contributed by atoms with Gasteiger partial charge in [0.1, 0.15) is 5.82 Å². The third kappa shape index (κ3) is 5.29. The average molecular weight is 266 g/mol. The molecule has 1 N–H and O–H groups in total. The second-order valence-corrected chi connectivity index (χ2v) is 5.52. The van der Waals surface area contributed by atoms with Gasteiger partial charge < -0.3 is 5.32 Å². The minimum Gasteiger partial charge on any atom is -0.315 e. The van der Waals surface area contributed by atoms with Crippen molar-refractivity contribution >= 4 is 0 Å².